The molecule has 2 aromatic rings. The summed E-state index contributed by atoms with van der Waals surface area (Å²) in [4.78, 5) is 2.51. The number of ether oxygens (including phenoxy) is 3. The molecule has 9 heteroatoms. The van der Waals surface area contributed by atoms with Crippen LogP contribution in [0.2, 0.25) is 5.02 Å². The summed E-state index contributed by atoms with van der Waals surface area (Å²) in [7, 11) is 4.49. The predicted octanol–water partition coefficient (Wildman–Crippen LogP) is 3.81. The summed E-state index contributed by atoms with van der Waals surface area (Å²) in [5.41, 5.74) is -0.0882. The molecule has 1 heterocycles. The minimum absolute atomic E-state index is 0.0673. The Kier molecular flexibility index (Phi) is 5.84. The van der Waals surface area contributed by atoms with Crippen molar-refractivity contribution in [3.63, 3.8) is 0 Å². The van der Waals surface area contributed by atoms with Gasteiger partial charge in [-0.3, -0.25) is 5.32 Å². The van der Waals surface area contributed by atoms with Crippen LogP contribution < -0.4 is 24.5 Å². The molecule has 0 unspecified atom stereocenters. The van der Waals surface area contributed by atoms with Crippen LogP contribution in [0, 0.1) is 0 Å². The number of hydrogen-bond donors (Lipinski definition) is 1. The Balaban J connectivity index is 2.21. The highest BCUT2D eigenvalue weighted by Gasteiger charge is 2.32. The van der Waals surface area contributed by atoms with Crippen molar-refractivity contribution in [2.24, 2.45) is 0 Å². The monoisotopic (exact) mass is 377 g/mol. The van der Waals surface area contributed by atoms with Crippen LogP contribution >= 0.6 is 11.6 Å². The number of H-pyrrole nitrogens is 1. The number of rotatable bonds is 6. The molecular formula is C16H17ClF3N2O3+. The second-order valence-electron chi connectivity index (χ2n) is 5.00. The summed E-state index contributed by atoms with van der Waals surface area (Å²) in [6.45, 7) is 0.276. The van der Waals surface area contributed by atoms with Crippen molar-refractivity contribution in [2.75, 3.05) is 26.6 Å². The molecular weight excluding hydrogens is 361 g/mol. The number of aromatic nitrogens is 1. The molecule has 0 atom stereocenters. The Morgan fingerprint density at radius 3 is 2.08 bits per heavy atom. The highest BCUT2D eigenvalue weighted by molar-refractivity contribution is 6.32. The van der Waals surface area contributed by atoms with Gasteiger partial charge in [-0.15, -0.1) is 0 Å². The van der Waals surface area contributed by atoms with Crippen molar-refractivity contribution in [3.8, 4) is 17.2 Å². The van der Waals surface area contributed by atoms with E-state index in [-0.39, 0.29) is 17.4 Å². The molecule has 0 radical (unpaired) electrons. The van der Waals surface area contributed by atoms with Crippen LogP contribution in [0.5, 0.6) is 17.2 Å². The lowest BCUT2D eigenvalue weighted by Gasteiger charge is -2.13. The van der Waals surface area contributed by atoms with E-state index in [1.54, 1.807) is 12.1 Å². The van der Waals surface area contributed by atoms with Crippen LogP contribution in [0.15, 0.2) is 24.4 Å². The molecule has 0 saturated carbocycles. The average Bonchev–Trinajstić information content (AvgIpc) is 2.58. The Hall–Kier alpha value is -2.35. The van der Waals surface area contributed by atoms with Gasteiger partial charge in [0.25, 0.3) is 5.82 Å². The molecule has 5 nitrogen and oxygen atoms in total. The van der Waals surface area contributed by atoms with Gasteiger partial charge >= 0.3 is 6.18 Å². The van der Waals surface area contributed by atoms with Gasteiger partial charge in [-0.05, 0) is 18.2 Å². The van der Waals surface area contributed by atoms with Crippen molar-refractivity contribution in [3.05, 3.63) is 40.5 Å². The number of nitrogens with one attached hydrogen (secondary N) is 2. The molecule has 0 aliphatic carbocycles. The van der Waals surface area contributed by atoms with Crippen molar-refractivity contribution in [1.29, 1.82) is 0 Å². The highest BCUT2D eigenvalue weighted by Crippen LogP contribution is 2.38. The van der Waals surface area contributed by atoms with Crippen LogP contribution in [0.1, 0.15) is 11.1 Å². The summed E-state index contributed by atoms with van der Waals surface area (Å²) >= 11 is 5.90. The molecule has 0 aliphatic heterocycles. The topological polar surface area (TPSA) is 53.9 Å². The zero-order valence-electron chi connectivity index (χ0n) is 13.8. The second kappa shape index (κ2) is 7.69. The molecule has 0 amide bonds. The van der Waals surface area contributed by atoms with Crippen LogP contribution in [0.4, 0.5) is 19.0 Å². The van der Waals surface area contributed by atoms with Gasteiger partial charge in [-0.25, -0.2) is 4.98 Å². The van der Waals surface area contributed by atoms with Crippen LogP contribution in [0.25, 0.3) is 0 Å². The van der Waals surface area contributed by atoms with E-state index < -0.39 is 11.7 Å². The summed E-state index contributed by atoms with van der Waals surface area (Å²) in [5.74, 6) is 1.67. The van der Waals surface area contributed by atoms with Crippen molar-refractivity contribution in [2.45, 2.75) is 12.7 Å². The maximum Gasteiger partial charge on any atom is 0.419 e. The lowest BCUT2D eigenvalue weighted by Crippen LogP contribution is -2.17. The molecule has 0 saturated heterocycles. The first-order valence-electron chi connectivity index (χ1n) is 7.11. The van der Waals surface area contributed by atoms with E-state index in [0.717, 1.165) is 17.8 Å². The average molecular weight is 378 g/mol. The smallest absolute Gasteiger partial charge is 0.419 e. The SMILES string of the molecule is COc1cc(CNc2[nH+]cc(C(F)(F)F)cc2Cl)cc(OC)c1OC. The third-order valence-corrected chi connectivity index (χ3v) is 3.71. The fourth-order valence-corrected chi connectivity index (χ4v) is 2.44. The number of methoxy groups -OCH3 is 3. The fraction of sp³-hybridized carbons (Fsp3) is 0.312. The summed E-state index contributed by atoms with van der Waals surface area (Å²) in [5, 5.41) is 2.87. The van der Waals surface area contributed by atoms with E-state index in [2.05, 4.69) is 10.3 Å². The molecule has 0 fully saturated rings. The number of alkyl halides is 3. The normalized spacial score (nSPS) is 11.2. The largest absolute Gasteiger partial charge is 0.493 e. The van der Waals surface area contributed by atoms with Crippen LogP contribution in [-0.4, -0.2) is 21.3 Å². The molecule has 2 rings (SSSR count). The first-order valence-corrected chi connectivity index (χ1v) is 7.49. The Bertz CT molecular complexity index is 729. The van der Waals surface area contributed by atoms with E-state index in [4.69, 9.17) is 25.8 Å². The lowest BCUT2D eigenvalue weighted by molar-refractivity contribution is -0.364. The van der Waals surface area contributed by atoms with Gasteiger partial charge in [0.1, 0.15) is 17.8 Å². The molecule has 0 aliphatic rings. The summed E-state index contributed by atoms with van der Waals surface area (Å²) in [6, 6.07) is 4.31. The van der Waals surface area contributed by atoms with E-state index in [0.29, 0.717) is 17.2 Å². The van der Waals surface area contributed by atoms with E-state index in [1.807, 2.05) is 0 Å². The van der Waals surface area contributed by atoms with E-state index in [9.17, 15) is 13.2 Å². The maximum atomic E-state index is 12.6. The predicted molar refractivity (Wildman–Crippen MR) is 86.4 cm³/mol. The zero-order valence-corrected chi connectivity index (χ0v) is 14.5. The molecule has 2 N–H and O–H groups in total. The number of halogens is 4. The van der Waals surface area contributed by atoms with E-state index in [1.165, 1.54) is 21.3 Å². The summed E-state index contributed by atoms with van der Waals surface area (Å²) in [6.07, 6.45) is -3.61. The minimum atomic E-state index is -4.46. The number of benzene rings is 1. The number of aromatic amines is 1. The van der Waals surface area contributed by atoms with Gasteiger partial charge in [0.05, 0.1) is 26.9 Å². The standard InChI is InChI=1S/C16H16ClF3N2O3/c1-23-12-4-9(5-13(24-2)14(12)25-3)7-21-15-11(17)6-10(8-22-15)16(18,19)20/h4-6,8H,7H2,1-3H3,(H,21,22)/p+1. The minimum Gasteiger partial charge on any atom is -0.493 e. The molecule has 1 aromatic heterocycles. The highest BCUT2D eigenvalue weighted by atomic mass is 35.5. The van der Waals surface area contributed by atoms with Crippen molar-refractivity contribution < 1.29 is 32.4 Å². The van der Waals surface area contributed by atoms with E-state index >= 15 is 0 Å². The Morgan fingerprint density at radius 2 is 1.64 bits per heavy atom. The van der Waals surface area contributed by atoms with Gasteiger partial charge < -0.3 is 14.2 Å². The molecule has 1 aromatic carbocycles. The van der Waals surface area contributed by atoms with Crippen molar-refractivity contribution in [1.82, 2.24) is 0 Å². The van der Waals surface area contributed by atoms with Crippen LogP contribution in [-0.2, 0) is 12.7 Å². The quantitative estimate of drug-likeness (QED) is 0.831. The van der Waals surface area contributed by atoms with Gasteiger partial charge in [0.15, 0.2) is 11.5 Å². The summed E-state index contributed by atoms with van der Waals surface area (Å²) < 4.78 is 53.7. The maximum absolute atomic E-state index is 12.6. The first-order chi connectivity index (χ1) is 11.8. The second-order valence-corrected chi connectivity index (χ2v) is 5.40. The van der Waals surface area contributed by atoms with Gasteiger partial charge in [0, 0.05) is 5.56 Å². The molecule has 0 bridgehead atoms. The lowest BCUT2D eigenvalue weighted by atomic mass is 10.1. The third kappa shape index (κ3) is 4.39. The Morgan fingerprint density at radius 1 is 1.04 bits per heavy atom. The molecule has 136 valence electrons. The molecule has 25 heavy (non-hydrogen) atoms. The van der Waals surface area contributed by atoms with Crippen molar-refractivity contribution >= 4 is 17.4 Å². The van der Waals surface area contributed by atoms with Crippen LogP contribution in [0.3, 0.4) is 0 Å². The zero-order chi connectivity index (χ0) is 18.6. The third-order valence-electron chi connectivity index (χ3n) is 3.41. The fourth-order valence-electron chi connectivity index (χ4n) is 2.20. The number of pyridine rings is 1. The first kappa shape index (κ1) is 19.0. The molecule has 0 spiro atoms. The van der Waals surface area contributed by atoms with Gasteiger partial charge in [0.2, 0.25) is 5.75 Å². The Labute approximate surface area is 147 Å². The van der Waals surface area contributed by atoms with Gasteiger partial charge in [-0.2, -0.15) is 13.2 Å². The van der Waals surface area contributed by atoms with Gasteiger partial charge in [-0.1, -0.05) is 11.6 Å². The number of hydrogen-bond acceptors (Lipinski definition) is 4. The number of anilines is 1.